The average molecular weight is 230 g/mol. The third-order valence-corrected chi connectivity index (χ3v) is 1.97. The minimum atomic E-state index is -3.29. The molecule has 15 heavy (non-hydrogen) atoms. The zero-order valence-corrected chi connectivity index (χ0v) is 9.67. The third kappa shape index (κ3) is 4.59. The first-order valence-corrected chi connectivity index (χ1v) is 6.34. The van der Waals surface area contributed by atoms with E-state index in [9.17, 15) is 8.42 Å². The number of hydrogen-bond acceptors (Lipinski definition) is 5. The summed E-state index contributed by atoms with van der Waals surface area (Å²) in [5.41, 5.74) is 0. The molecule has 0 radical (unpaired) electrons. The summed E-state index contributed by atoms with van der Waals surface area (Å²) < 4.78 is 24.0. The molecule has 6 nitrogen and oxygen atoms in total. The summed E-state index contributed by atoms with van der Waals surface area (Å²) in [4.78, 5) is 0. The molecule has 1 aromatic heterocycles. The van der Waals surface area contributed by atoms with Crippen molar-refractivity contribution >= 4 is 21.7 Å². The summed E-state index contributed by atoms with van der Waals surface area (Å²) in [7, 11) is -3.29. The molecule has 7 heteroatoms. The van der Waals surface area contributed by atoms with Gasteiger partial charge in [-0.15, -0.1) is 10.2 Å². The molecule has 0 aliphatic heterocycles. The van der Waals surface area contributed by atoms with E-state index >= 15 is 0 Å². The van der Waals surface area contributed by atoms with E-state index < -0.39 is 10.0 Å². The van der Waals surface area contributed by atoms with Gasteiger partial charge < -0.3 is 5.32 Å². The van der Waals surface area contributed by atoms with Gasteiger partial charge in [0.25, 0.3) is 0 Å². The van der Waals surface area contributed by atoms with E-state index in [4.69, 9.17) is 0 Å². The lowest BCUT2D eigenvalue weighted by Gasteiger charge is -2.08. The molecule has 0 saturated heterocycles. The van der Waals surface area contributed by atoms with Gasteiger partial charge in [-0.25, -0.2) is 8.42 Å². The van der Waals surface area contributed by atoms with E-state index in [-0.39, 0.29) is 11.9 Å². The predicted octanol–water partition coefficient (Wildman–Crippen LogP) is 0.668. The molecule has 0 bridgehead atoms. The van der Waals surface area contributed by atoms with Gasteiger partial charge in [0.2, 0.25) is 10.0 Å². The fourth-order valence-electron chi connectivity index (χ4n) is 0.949. The lowest BCUT2D eigenvalue weighted by molar-refractivity contribution is 0.606. The molecule has 1 aromatic rings. The van der Waals surface area contributed by atoms with Gasteiger partial charge in [0.15, 0.2) is 5.82 Å². The van der Waals surface area contributed by atoms with E-state index in [0.29, 0.717) is 5.82 Å². The highest BCUT2D eigenvalue weighted by Gasteiger charge is 2.03. The van der Waals surface area contributed by atoms with Crippen LogP contribution in [0.2, 0.25) is 0 Å². The highest BCUT2D eigenvalue weighted by molar-refractivity contribution is 7.92. The molecule has 0 unspecified atom stereocenters. The average Bonchev–Trinajstić information content (AvgIpc) is 2.05. The summed E-state index contributed by atoms with van der Waals surface area (Å²) >= 11 is 0. The molecule has 0 spiro atoms. The molecule has 84 valence electrons. The van der Waals surface area contributed by atoms with Gasteiger partial charge in [-0.1, -0.05) is 0 Å². The predicted molar refractivity (Wildman–Crippen MR) is 59.3 cm³/mol. The summed E-state index contributed by atoms with van der Waals surface area (Å²) in [6, 6.07) is 3.48. The standard InChI is InChI=1S/C8H14N4O2S/c1-6(2)9-7-4-5-8(11-10-7)12-15(3,13)14/h4-6H,1-3H3,(H,9,10)(H,11,12). The second-order valence-corrected chi connectivity index (χ2v) is 5.23. The van der Waals surface area contributed by atoms with Crippen LogP contribution in [0.3, 0.4) is 0 Å². The van der Waals surface area contributed by atoms with Crippen LogP contribution in [0, 0.1) is 0 Å². The Morgan fingerprint density at radius 2 is 1.73 bits per heavy atom. The minimum Gasteiger partial charge on any atom is -0.366 e. The lowest BCUT2D eigenvalue weighted by Crippen LogP contribution is -2.14. The summed E-state index contributed by atoms with van der Waals surface area (Å²) in [6.45, 7) is 3.95. The van der Waals surface area contributed by atoms with Crippen LogP contribution in [0.25, 0.3) is 0 Å². The fourth-order valence-corrected chi connectivity index (χ4v) is 1.44. The van der Waals surface area contributed by atoms with Crippen molar-refractivity contribution < 1.29 is 8.42 Å². The van der Waals surface area contributed by atoms with Crippen LogP contribution in [0.15, 0.2) is 12.1 Å². The quantitative estimate of drug-likeness (QED) is 0.794. The fraction of sp³-hybridized carbons (Fsp3) is 0.500. The Morgan fingerprint density at radius 1 is 1.20 bits per heavy atom. The van der Waals surface area contributed by atoms with Crippen molar-refractivity contribution in [2.75, 3.05) is 16.3 Å². The van der Waals surface area contributed by atoms with Crippen LogP contribution < -0.4 is 10.0 Å². The first-order valence-electron chi connectivity index (χ1n) is 4.45. The van der Waals surface area contributed by atoms with Crippen LogP contribution >= 0.6 is 0 Å². The summed E-state index contributed by atoms with van der Waals surface area (Å²) in [5, 5.41) is 10.6. The molecule has 0 aromatic carbocycles. The second-order valence-electron chi connectivity index (χ2n) is 3.48. The highest BCUT2D eigenvalue weighted by Crippen LogP contribution is 2.07. The number of nitrogens with zero attached hydrogens (tertiary/aromatic N) is 2. The number of nitrogens with one attached hydrogen (secondary N) is 2. The van der Waals surface area contributed by atoms with Gasteiger partial charge in [-0.2, -0.15) is 0 Å². The summed E-state index contributed by atoms with van der Waals surface area (Å²) in [5.74, 6) is 0.829. The van der Waals surface area contributed by atoms with Crippen LogP contribution in [-0.4, -0.2) is 30.9 Å². The molecule has 2 N–H and O–H groups in total. The van der Waals surface area contributed by atoms with Crippen LogP contribution in [0.1, 0.15) is 13.8 Å². The Bertz CT molecular complexity index is 413. The smallest absolute Gasteiger partial charge is 0.231 e. The highest BCUT2D eigenvalue weighted by atomic mass is 32.2. The number of aromatic nitrogens is 2. The molecule has 0 atom stereocenters. The summed E-state index contributed by atoms with van der Waals surface area (Å²) in [6.07, 6.45) is 1.06. The Labute approximate surface area is 89.2 Å². The molecule has 1 rings (SSSR count). The molecule has 1 heterocycles. The Hall–Kier alpha value is -1.37. The van der Waals surface area contributed by atoms with E-state index in [0.717, 1.165) is 6.26 Å². The normalized spacial score (nSPS) is 11.5. The van der Waals surface area contributed by atoms with E-state index in [1.165, 1.54) is 0 Å². The SMILES string of the molecule is CC(C)Nc1ccc(NS(C)(=O)=O)nn1. The van der Waals surface area contributed by atoms with Gasteiger partial charge in [0.05, 0.1) is 6.26 Å². The maximum absolute atomic E-state index is 10.9. The molecule has 0 saturated carbocycles. The van der Waals surface area contributed by atoms with Gasteiger partial charge >= 0.3 is 0 Å². The van der Waals surface area contributed by atoms with Crippen molar-refractivity contribution in [2.24, 2.45) is 0 Å². The van der Waals surface area contributed by atoms with Crippen molar-refractivity contribution in [1.82, 2.24) is 10.2 Å². The number of sulfonamides is 1. The minimum absolute atomic E-state index is 0.215. The largest absolute Gasteiger partial charge is 0.366 e. The molecule has 0 aliphatic rings. The number of hydrogen-bond donors (Lipinski definition) is 2. The Kier molecular flexibility index (Phi) is 3.46. The van der Waals surface area contributed by atoms with Crippen LogP contribution in [0.5, 0.6) is 0 Å². The van der Waals surface area contributed by atoms with Gasteiger partial charge in [0, 0.05) is 6.04 Å². The zero-order valence-electron chi connectivity index (χ0n) is 8.85. The first-order chi connectivity index (χ1) is 6.87. The van der Waals surface area contributed by atoms with Crippen molar-refractivity contribution in [3.63, 3.8) is 0 Å². The van der Waals surface area contributed by atoms with Gasteiger partial charge in [0.1, 0.15) is 5.82 Å². The molecule has 0 amide bonds. The van der Waals surface area contributed by atoms with Crippen molar-refractivity contribution in [1.29, 1.82) is 0 Å². The van der Waals surface area contributed by atoms with Gasteiger partial charge in [-0.3, -0.25) is 4.72 Å². The molecule has 0 fully saturated rings. The topological polar surface area (TPSA) is 84.0 Å². The molecular formula is C8H14N4O2S. The van der Waals surface area contributed by atoms with Crippen molar-refractivity contribution in [3.8, 4) is 0 Å². The number of anilines is 2. The van der Waals surface area contributed by atoms with E-state index in [2.05, 4.69) is 20.2 Å². The van der Waals surface area contributed by atoms with Crippen LogP contribution in [-0.2, 0) is 10.0 Å². The maximum atomic E-state index is 10.9. The van der Waals surface area contributed by atoms with Crippen molar-refractivity contribution in [2.45, 2.75) is 19.9 Å². The Balaban J connectivity index is 2.73. The van der Waals surface area contributed by atoms with Crippen molar-refractivity contribution in [3.05, 3.63) is 12.1 Å². The number of rotatable bonds is 4. The zero-order chi connectivity index (χ0) is 11.5. The van der Waals surface area contributed by atoms with E-state index in [1.807, 2.05) is 13.8 Å². The third-order valence-electron chi connectivity index (χ3n) is 1.39. The molecular weight excluding hydrogens is 216 g/mol. The maximum Gasteiger partial charge on any atom is 0.231 e. The first kappa shape index (κ1) is 11.7. The monoisotopic (exact) mass is 230 g/mol. The molecule has 0 aliphatic carbocycles. The van der Waals surface area contributed by atoms with Crippen LogP contribution in [0.4, 0.5) is 11.6 Å². The Morgan fingerprint density at radius 3 is 2.13 bits per heavy atom. The lowest BCUT2D eigenvalue weighted by atomic mass is 10.4. The van der Waals surface area contributed by atoms with Gasteiger partial charge in [-0.05, 0) is 26.0 Å². The van der Waals surface area contributed by atoms with E-state index in [1.54, 1.807) is 12.1 Å². The second kappa shape index (κ2) is 4.43.